The highest BCUT2D eigenvalue weighted by Crippen LogP contribution is 2.31. The third-order valence-corrected chi connectivity index (χ3v) is 12.4. The molecule has 57 heavy (non-hydrogen) atoms. The Balaban J connectivity index is 0.957. The number of aromatic hydroxyl groups is 1. The molecule has 0 radical (unpaired) electrons. The molecule has 4 aliphatic rings. The molecule has 2 unspecified atom stereocenters. The number of aliphatic hydroxyl groups is 1. The summed E-state index contributed by atoms with van der Waals surface area (Å²) in [7, 11) is 1.66. The fraction of sp³-hybridized carbons (Fsp3) is 0.524. The minimum absolute atomic E-state index is 0.108. The van der Waals surface area contributed by atoms with E-state index in [0.29, 0.717) is 66.3 Å². The second-order valence-corrected chi connectivity index (χ2v) is 16.2. The number of imide groups is 1. The maximum atomic E-state index is 13.5. The van der Waals surface area contributed by atoms with Crippen LogP contribution in [0, 0.1) is 5.92 Å². The van der Waals surface area contributed by atoms with Crippen molar-refractivity contribution in [2.24, 2.45) is 17.4 Å². The molecule has 2 aromatic rings. The summed E-state index contributed by atoms with van der Waals surface area (Å²) in [4.78, 5) is 58.7. The Morgan fingerprint density at radius 1 is 1.04 bits per heavy atom. The van der Waals surface area contributed by atoms with E-state index in [1.54, 1.807) is 42.3 Å². The van der Waals surface area contributed by atoms with Crippen LogP contribution in [0.25, 0.3) is 5.70 Å². The van der Waals surface area contributed by atoms with Crippen LogP contribution in [0.3, 0.4) is 0 Å². The molecule has 2 atom stereocenters. The molecule has 0 spiro atoms. The van der Waals surface area contributed by atoms with Crippen molar-refractivity contribution in [2.45, 2.75) is 63.1 Å². The molecule has 4 aliphatic heterocycles. The van der Waals surface area contributed by atoms with Crippen LogP contribution in [0.15, 0.2) is 60.1 Å². The van der Waals surface area contributed by atoms with Crippen LogP contribution in [-0.2, 0) is 9.59 Å². The molecule has 0 bridgehead atoms. The number of β-amino-alcohol motifs (C(OH)–C–C–N with tert-alkyl or cyclic N) is 1. The Bertz CT molecular complexity index is 1840. The summed E-state index contributed by atoms with van der Waals surface area (Å²) in [5.41, 5.74) is 15.5. The van der Waals surface area contributed by atoms with Gasteiger partial charge in [0, 0.05) is 107 Å². The molecule has 6 rings (SSSR count). The van der Waals surface area contributed by atoms with Gasteiger partial charge in [-0.15, -0.1) is 0 Å². The normalized spacial score (nSPS) is 21.3. The van der Waals surface area contributed by atoms with Crippen molar-refractivity contribution in [1.29, 1.82) is 0 Å². The Labute approximate surface area is 335 Å². The van der Waals surface area contributed by atoms with E-state index in [4.69, 9.17) is 11.5 Å². The number of piperidine rings is 2. The molecule has 8 N–H and O–H groups in total. The van der Waals surface area contributed by atoms with Crippen LogP contribution >= 0.6 is 0 Å². The molecular weight excluding hydrogens is 727 g/mol. The van der Waals surface area contributed by atoms with Gasteiger partial charge in [0.15, 0.2) is 6.29 Å². The van der Waals surface area contributed by atoms with Crippen LogP contribution in [-0.4, -0.2) is 145 Å². The van der Waals surface area contributed by atoms with E-state index >= 15 is 0 Å². The molecule has 15 nitrogen and oxygen atoms in total. The number of nitrogens with two attached hydrogens (primary N) is 2. The molecule has 0 saturated carbocycles. The van der Waals surface area contributed by atoms with Crippen molar-refractivity contribution in [3.05, 3.63) is 76.7 Å². The molecule has 0 aliphatic carbocycles. The number of anilines is 1. The monoisotopic (exact) mass is 785 g/mol. The highest BCUT2D eigenvalue weighted by atomic mass is 16.3. The van der Waals surface area contributed by atoms with E-state index in [2.05, 4.69) is 30.2 Å². The summed E-state index contributed by atoms with van der Waals surface area (Å²) in [5.74, 6) is 0.537. The van der Waals surface area contributed by atoms with E-state index in [1.165, 1.54) is 0 Å². The van der Waals surface area contributed by atoms with Crippen LogP contribution in [0.4, 0.5) is 5.69 Å². The standard InChI is InChI=1S/C42H59N9O6/c1-29(7-10-39(55)46-28-53)47(2)41(56)35-21-32(9-8-31(35)26-52)50-15-11-30(12-16-50)24-48-17-13-42(57,14-18-48)27-49-19-20-51-33(25-49)23-45-40(44)37(51)22-36(43)34-5-3-4-6-38(34)54/h3-6,8-9,21-22,26,28-30,33,45,54,57H,7,10-20,23-25,27,43-44H2,1-2H3,(H,46,53,55)/b36-22-. The fourth-order valence-corrected chi connectivity index (χ4v) is 8.69. The highest BCUT2D eigenvalue weighted by Gasteiger charge is 2.39. The summed E-state index contributed by atoms with van der Waals surface area (Å²) in [6.07, 6.45) is 6.85. The minimum Gasteiger partial charge on any atom is -0.507 e. The fourth-order valence-electron chi connectivity index (χ4n) is 8.69. The Hall–Kier alpha value is -5.12. The van der Waals surface area contributed by atoms with Crippen molar-refractivity contribution >= 4 is 35.9 Å². The molecule has 4 heterocycles. The molecule has 3 fully saturated rings. The number of nitrogens with one attached hydrogen (secondary N) is 2. The number of rotatable bonds is 14. The van der Waals surface area contributed by atoms with Gasteiger partial charge in [0.25, 0.3) is 5.91 Å². The van der Waals surface area contributed by atoms with Crippen molar-refractivity contribution in [1.82, 2.24) is 30.2 Å². The Kier molecular flexibility index (Phi) is 13.4. The van der Waals surface area contributed by atoms with Gasteiger partial charge in [0.05, 0.1) is 22.9 Å². The number of fused-ring (bicyclic) bond motifs is 1. The van der Waals surface area contributed by atoms with Gasteiger partial charge >= 0.3 is 0 Å². The predicted octanol–water partition coefficient (Wildman–Crippen LogP) is 1.48. The van der Waals surface area contributed by atoms with Gasteiger partial charge in [-0.1, -0.05) is 12.1 Å². The minimum atomic E-state index is -0.739. The number of allylic oxidation sites excluding steroid dienone is 1. The average Bonchev–Trinajstić information content (AvgIpc) is 3.21. The van der Waals surface area contributed by atoms with Gasteiger partial charge in [-0.3, -0.25) is 29.4 Å². The van der Waals surface area contributed by atoms with E-state index in [-0.39, 0.29) is 30.2 Å². The molecule has 3 amide bonds. The molecule has 308 valence electrons. The van der Waals surface area contributed by atoms with Crippen LogP contribution in [0.5, 0.6) is 5.75 Å². The number of phenolic OH excluding ortho intramolecular Hbond substituents is 1. The average molecular weight is 786 g/mol. The molecule has 15 heteroatoms. The van der Waals surface area contributed by atoms with Gasteiger partial charge in [-0.25, -0.2) is 0 Å². The van der Waals surface area contributed by atoms with Crippen molar-refractivity contribution in [3.8, 4) is 5.75 Å². The smallest absolute Gasteiger partial charge is 0.254 e. The SMILES string of the molecule is CC(CCC(=O)NC=O)N(C)C(=O)c1cc(N2CCC(CN3CCC(O)(CN4CCN5C(/C=C(\N)c6ccccc6O)=C(N)NCC5C4)CC3)CC2)ccc1C=O. The number of carbonyl (C=O) groups excluding carboxylic acids is 4. The predicted molar refractivity (Wildman–Crippen MR) is 219 cm³/mol. The first-order valence-corrected chi connectivity index (χ1v) is 20.1. The molecule has 3 saturated heterocycles. The number of phenols is 1. The number of benzene rings is 2. The van der Waals surface area contributed by atoms with E-state index < -0.39 is 11.5 Å². The van der Waals surface area contributed by atoms with Crippen molar-refractivity contribution in [3.63, 3.8) is 0 Å². The quantitative estimate of drug-likeness (QED) is 0.151. The number of likely N-dealkylation sites (tertiary alicyclic amines) is 1. The first-order chi connectivity index (χ1) is 27.4. The molecular formula is C42H59N9O6. The molecule has 0 aromatic heterocycles. The lowest BCUT2D eigenvalue weighted by Crippen LogP contribution is -2.62. The lowest BCUT2D eigenvalue weighted by molar-refractivity contribution is -0.125. The van der Waals surface area contributed by atoms with Crippen LogP contribution in [0.2, 0.25) is 0 Å². The Morgan fingerprint density at radius 2 is 1.77 bits per heavy atom. The maximum absolute atomic E-state index is 13.5. The van der Waals surface area contributed by atoms with Crippen molar-refractivity contribution < 1.29 is 29.4 Å². The van der Waals surface area contributed by atoms with Crippen LogP contribution in [0.1, 0.15) is 71.7 Å². The summed E-state index contributed by atoms with van der Waals surface area (Å²) >= 11 is 0. The number of para-hydroxylation sites is 1. The number of hydrogen-bond acceptors (Lipinski definition) is 13. The lowest BCUT2D eigenvalue weighted by atomic mass is 9.88. The Morgan fingerprint density at radius 3 is 2.47 bits per heavy atom. The van der Waals surface area contributed by atoms with Gasteiger partial charge in [-0.05, 0) is 81.4 Å². The number of amides is 3. The van der Waals surface area contributed by atoms with Gasteiger partial charge < -0.3 is 46.6 Å². The first kappa shape index (κ1) is 41.5. The summed E-state index contributed by atoms with van der Waals surface area (Å²) < 4.78 is 0. The summed E-state index contributed by atoms with van der Waals surface area (Å²) in [5, 5.41) is 27.5. The summed E-state index contributed by atoms with van der Waals surface area (Å²) in [6.45, 7) is 9.92. The van der Waals surface area contributed by atoms with Crippen LogP contribution < -0.4 is 27.0 Å². The topological polar surface area (TPSA) is 201 Å². The van der Waals surface area contributed by atoms with E-state index in [9.17, 15) is 29.4 Å². The van der Waals surface area contributed by atoms with Crippen molar-refractivity contribution in [2.75, 3.05) is 77.4 Å². The lowest BCUT2D eigenvalue weighted by Gasteiger charge is -2.49. The second-order valence-electron chi connectivity index (χ2n) is 16.2. The van der Waals surface area contributed by atoms with Gasteiger partial charge in [0.1, 0.15) is 11.6 Å². The number of hydrogen-bond donors (Lipinski definition) is 6. The maximum Gasteiger partial charge on any atom is 0.254 e. The number of carbonyl (C=O) groups is 4. The summed E-state index contributed by atoms with van der Waals surface area (Å²) in [6, 6.07) is 12.3. The zero-order valence-corrected chi connectivity index (χ0v) is 33.2. The van der Waals surface area contributed by atoms with E-state index in [0.717, 1.165) is 89.4 Å². The largest absolute Gasteiger partial charge is 0.507 e. The third kappa shape index (κ3) is 10.1. The third-order valence-electron chi connectivity index (χ3n) is 12.4. The number of nitrogens with zero attached hydrogens (tertiary/aromatic N) is 5. The van der Waals surface area contributed by atoms with Gasteiger partial charge in [0.2, 0.25) is 12.3 Å². The zero-order valence-electron chi connectivity index (χ0n) is 33.2. The zero-order chi connectivity index (χ0) is 40.7. The molecule has 2 aromatic carbocycles. The first-order valence-electron chi connectivity index (χ1n) is 20.1. The van der Waals surface area contributed by atoms with Gasteiger partial charge in [-0.2, -0.15) is 0 Å². The highest BCUT2D eigenvalue weighted by molar-refractivity contribution is 6.02. The van der Waals surface area contributed by atoms with E-state index in [1.807, 2.05) is 25.1 Å². The second kappa shape index (κ2) is 18.4. The number of aldehydes is 1. The number of piperazine rings is 1.